The van der Waals surface area contributed by atoms with Crippen molar-refractivity contribution in [1.82, 2.24) is 4.37 Å². The molecule has 112 valence electrons. The average molecular weight is 301 g/mol. The molecule has 0 saturated carbocycles. The first-order chi connectivity index (χ1) is 10.1. The zero-order chi connectivity index (χ0) is 14.9. The van der Waals surface area contributed by atoms with Gasteiger partial charge in [0.15, 0.2) is 0 Å². The zero-order valence-corrected chi connectivity index (χ0v) is 13.6. The van der Waals surface area contributed by atoms with E-state index >= 15 is 0 Å². The van der Waals surface area contributed by atoms with Gasteiger partial charge in [-0.2, -0.15) is 4.37 Å². The molecule has 0 spiro atoms. The lowest BCUT2D eigenvalue weighted by molar-refractivity contribution is 0.239. The molecule has 0 unspecified atom stereocenters. The largest absolute Gasteiger partial charge is 0.382 e. The lowest BCUT2D eigenvalue weighted by atomic mass is 9.78. The normalized spacial score (nSPS) is 17.9. The van der Waals surface area contributed by atoms with Crippen LogP contribution in [0.3, 0.4) is 0 Å². The highest BCUT2D eigenvalue weighted by atomic mass is 32.1. The van der Waals surface area contributed by atoms with Gasteiger partial charge in [0.25, 0.3) is 0 Å². The van der Waals surface area contributed by atoms with Crippen LogP contribution < -0.4 is 10.6 Å². The van der Waals surface area contributed by atoms with E-state index in [1.807, 2.05) is 6.07 Å². The molecule has 1 aliphatic rings. The van der Waals surface area contributed by atoms with Crippen LogP contribution in [0.25, 0.3) is 11.1 Å². The monoisotopic (exact) mass is 301 g/mol. The van der Waals surface area contributed by atoms with Gasteiger partial charge in [-0.15, -0.1) is 0 Å². The van der Waals surface area contributed by atoms with Gasteiger partial charge in [0.05, 0.1) is 5.56 Å². The van der Waals surface area contributed by atoms with E-state index in [9.17, 15) is 0 Å². The molecule has 0 aliphatic carbocycles. The Morgan fingerprint density at radius 1 is 1.24 bits per heavy atom. The Morgan fingerprint density at radius 3 is 2.52 bits per heavy atom. The van der Waals surface area contributed by atoms with E-state index < -0.39 is 0 Å². The Balaban J connectivity index is 1.88. The number of nitrogens with zero attached hydrogens (tertiary/aromatic N) is 2. The van der Waals surface area contributed by atoms with Gasteiger partial charge in [-0.05, 0) is 35.4 Å². The van der Waals surface area contributed by atoms with Crippen molar-refractivity contribution in [2.75, 3.05) is 23.7 Å². The Kier molecular flexibility index (Phi) is 3.89. The van der Waals surface area contributed by atoms with E-state index in [4.69, 9.17) is 5.73 Å². The van der Waals surface area contributed by atoms with Crippen molar-refractivity contribution in [3.8, 4) is 11.1 Å². The molecule has 0 amide bonds. The molecule has 2 aromatic rings. The molecule has 4 heteroatoms. The van der Waals surface area contributed by atoms with Crippen LogP contribution in [0.15, 0.2) is 30.3 Å². The van der Waals surface area contributed by atoms with Crippen LogP contribution in [-0.2, 0) is 0 Å². The molecule has 1 aliphatic heterocycles. The maximum absolute atomic E-state index is 6.13. The van der Waals surface area contributed by atoms with Crippen molar-refractivity contribution in [1.29, 1.82) is 0 Å². The predicted molar refractivity (Wildman–Crippen MR) is 91.8 cm³/mol. The van der Waals surface area contributed by atoms with Gasteiger partial charge in [-0.3, -0.25) is 0 Å². The molecule has 1 aromatic carbocycles. The molecule has 2 N–H and O–H groups in total. The lowest BCUT2D eigenvalue weighted by Gasteiger charge is -2.39. The van der Waals surface area contributed by atoms with E-state index in [1.165, 1.54) is 41.4 Å². The number of aromatic nitrogens is 1. The van der Waals surface area contributed by atoms with Crippen LogP contribution in [0.1, 0.15) is 33.1 Å². The van der Waals surface area contributed by atoms with Gasteiger partial charge in [0.1, 0.15) is 10.8 Å². The Hall–Kier alpha value is -1.55. The quantitative estimate of drug-likeness (QED) is 0.913. The number of benzene rings is 1. The molecule has 1 fully saturated rings. The summed E-state index contributed by atoms with van der Waals surface area (Å²) in [4.78, 5) is 2.47. The SMILES string of the molecule is CCC1(C)CCN(c2snc(N)c2-c2ccccc2)CC1. The molecule has 21 heavy (non-hydrogen) atoms. The zero-order valence-electron chi connectivity index (χ0n) is 12.8. The molecule has 2 heterocycles. The molecule has 3 nitrogen and oxygen atoms in total. The summed E-state index contributed by atoms with van der Waals surface area (Å²) in [5, 5.41) is 1.23. The summed E-state index contributed by atoms with van der Waals surface area (Å²) in [6.45, 7) is 6.91. The fraction of sp³-hybridized carbons (Fsp3) is 0.471. The van der Waals surface area contributed by atoms with Crippen LogP contribution in [0.4, 0.5) is 10.8 Å². The minimum atomic E-state index is 0.500. The molecular weight excluding hydrogens is 278 g/mol. The number of anilines is 2. The van der Waals surface area contributed by atoms with Gasteiger partial charge in [-0.1, -0.05) is 50.6 Å². The second-order valence-corrected chi connectivity index (χ2v) is 7.02. The summed E-state index contributed by atoms with van der Waals surface area (Å²) in [6.07, 6.45) is 3.75. The number of hydrogen-bond acceptors (Lipinski definition) is 4. The standard InChI is InChI=1S/C17H23N3S/c1-3-17(2)9-11-20(12-10-17)16-14(15(18)19-21-16)13-7-5-4-6-8-13/h4-8H,3,9-12H2,1-2H3,(H2,18,19). The van der Waals surface area contributed by atoms with E-state index in [1.54, 1.807) is 0 Å². The van der Waals surface area contributed by atoms with Crippen molar-refractivity contribution in [3.63, 3.8) is 0 Å². The fourth-order valence-electron chi connectivity index (χ4n) is 2.99. The highest BCUT2D eigenvalue weighted by molar-refractivity contribution is 7.11. The van der Waals surface area contributed by atoms with Crippen LogP contribution in [-0.4, -0.2) is 17.5 Å². The number of nitrogens with two attached hydrogens (primary N) is 1. The Morgan fingerprint density at radius 2 is 1.90 bits per heavy atom. The van der Waals surface area contributed by atoms with Crippen molar-refractivity contribution in [2.45, 2.75) is 33.1 Å². The first-order valence-corrected chi connectivity index (χ1v) is 8.46. The van der Waals surface area contributed by atoms with Gasteiger partial charge in [0, 0.05) is 13.1 Å². The molecular formula is C17H23N3S. The predicted octanol–water partition coefficient (Wildman–Crippen LogP) is 4.41. The number of hydrogen-bond donors (Lipinski definition) is 1. The fourth-order valence-corrected chi connectivity index (χ4v) is 3.88. The van der Waals surface area contributed by atoms with Crippen LogP contribution in [0, 0.1) is 5.41 Å². The van der Waals surface area contributed by atoms with E-state index in [0.29, 0.717) is 11.2 Å². The lowest BCUT2D eigenvalue weighted by Crippen LogP contribution is -2.38. The highest BCUT2D eigenvalue weighted by Crippen LogP contribution is 2.43. The second kappa shape index (κ2) is 5.68. The third-order valence-corrected chi connectivity index (χ3v) is 5.80. The van der Waals surface area contributed by atoms with E-state index in [-0.39, 0.29) is 0 Å². The van der Waals surface area contributed by atoms with Crippen LogP contribution in [0.2, 0.25) is 0 Å². The molecule has 0 bridgehead atoms. The van der Waals surface area contributed by atoms with Crippen LogP contribution in [0.5, 0.6) is 0 Å². The maximum atomic E-state index is 6.13. The van der Waals surface area contributed by atoms with Crippen molar-refractivity contribution in [3.05, 3.63) is 30.3 Å². The first kappa shape index (κ1) is 14.4. The Bertz CT molecular complexity index is 598. The minimum Gasteiger partial charge on any atom is -0.382 e. The van der Waals surface area contributed by atoms with E-state index in [2.05, 4.69) is 47.4 Å². The smallest absolute Gasteiger partial charge is 0.147 e. The summed E-state index contributed by atoms with van der Waals surface area (Å²) in [5.41, 5.74) is 8.91. The Labute approximate surface area is 131 Å². The third-order valence-electron chi connectivity index (χ3n) is 4.87. The number of piperidine rings is 1. The van der Waals surface area contributed by atoms with Crippen molar-refractivity contribution in [2.24, 2.45) is 5.41 Å². The summed E-state index contributed by atoms with van der Waals surface area (Å²) in [5.74, 6) is 0.657. The van der Waals surface area contributed by atoms with E-state index in [0.717, 1.165) is 18.7 Å². The molecule has 0 atom stereocenters. The average Bonchev–Trinajstić information content (AvgIpc) is 2.91. The summed E-state index contributed by atoms with van der Waals surface area (Å²) in [6, 6.07) is 10.4. The first-order valence-electron chi connectivity index (χ1n) is 7.68. The third kappa shape index (κ3) is 2.77. The molecule has 1 aromatic heterocycles. The molecule has 0 radical (unpaired) electrons. The summed E-state index contributed by atoms with van der Waals surface area (Å²) >= 11 is 1.54. The van der Waals surface area contributed by atoms with Crippen molar-refractivity contribution < 1.29 is 0 Å². The van der Waals surface area contributed by atoms with Gasteiger partial charge in [0.2, 0.25) is 0 Å². The van der Waals surface area contributed by atoms with Crippen LogP contribution >= 0.6 is 11.5 Å². The summed E-state index contributed by atoms with van der Waals surface area (Å²) < 4.78 is 4.40. The maximum Gasteiger partial charge on any atom is 0.147 e. The molecule has 3 rings (SSSR count). The highest BCUT2D eigenvalue weighted by Gasteiger charge is 2.30. The van der Waals surface area contributed by atoms with Gasteiger partial charge >= 0.3 is 0 Å². The number of rotatable bonds is 3. The van der Waals surface area contributed by atoms with Gasteiger partial charge in [-0.25, -0.2) is 0 Å². The number of nitrogen functional groups attached to an aromatic ring is 1. The summed E-state index contributed by atoms with van der Waals surface area (Å²) in [7, 11) is 0. The second-order valence-electron chi connectivity index (χ2n) is 6.27. The minimum absolute atomic E-state index is 0.500. The topological polar surface area (TPSA) is 42.2 Å². The van der Waals surface area contributed by atoms with Crippen molar-refractivity contribution >= 4 is 22.4 Å². The molecule has 1 saturated heterocycles. The van der Waals surface area contributed by atoms with Gasteiger partial charge < -0.3 is 10.6 Å².